The number of nitrogens with two attached hydrogens (primary N) is 1. The highest BCUT2D eigenvalue weighted by atomic mass is 16.5. The first-order valence-corrected chi connectivity index (χ1v) is 4.45. The summed E-state index contributed by atoms with van der Waals surface area (Å²) in [5.74, 6) is -0.544. The molecule has 2 rings (SSSR count). The van der Waals surface area contributed by atoms with Crippen LogP contribution in [-0.4, -0.2) is 17.2 Å². The Balaban J connectivity index is 2.52. The standard InChI is InChI=1S/C10H9N3O2/c11-5-6-1-2-7-4-8(12)10(14)13(15)9(7)3-6/h1-3,8,15H,4,12H2. The Morgan fingerprint density at radius 1 is 1.60 bits per heavy atom. The molecule has 0 fully saturated rings. The third-order valence-corrected chi connectivity index (χ3v) is 2.41. The molecule has 0 bridgehead atoms. The van der Waals surface area contributed by atoms with Crippen molar-refractivity contribution in [3.05, 3.63) is 29.3 Å². The number of hydroxylamine groups is 1. The lowest BCUT2D eigenvalue weighted by Gasteiger charge is -2.27. The molecule has 0 saturated heterocycles. The number of rotatable bonds is 0. The number of nitrogens with zero attached hydrogens (tertiary/aromatic N) is 2. The minimum atomic E-state index is -0.713. The van der Waals surface area contributed by atoms with Crippen LogP contribution in [0.2, 0.25) is 0 Å². The minimum absolute atomic E-state index is 0.348. The zero-order valence-electron chi connectivity index (χ0n) is 7.84. The van der Waals surface area contributed by atoms with E-state index in [2.05, 4.69) is 0 Å². The van der Waals surface area contributed by atoms with Crippen molar-refractivity contribution >= 4 is 11.6 Å². The number of carbonyl (C=O) groups is 1. The van der Waals surface area contributed by atoms with Gasteiger partial charge in [0.25, 0.3) is 5.91 Å². The molecule has 1 unspecified atom stereocenters. The molecule has 1 aromatic rings. The van der Waals surface area contributed by atoms with Crippen LogP contribution >= 0.6 is 0 Å². The quantitative estimate of drug-likeness (QED) is 0.588. The van der Waals surface area contributed by atoms with E-state index >= 15 is 0 Å². The molecule has 5 nitrogen and oxygen atoms in total. The summed E-state index contributed by atoms with van der Waals surface area (Å²) in [6.45, 7) is 0. The number of fused-ring (bicyclic) bond motifs is 1. The summed E-state index contributed by atoms with van der Waals surface area (Å²) in [6.07, 6.45) is 0.386. The molecule has 0 aliphatic carbocycles. The summed E-state index contributed by atoms with van der Waals surface area (Å²) in [4.78, 5) is 11.4. The third-order valence-electron chi connectivity index (χ3n) is 2.41. The maximum Gasteiger partial charge on any atom is 0.267 e. The molecule has 1 atom stereocenters. The molecule has 3 N–H and O–H groups in total. The Kier molecular flexibility index (Phi) is 2.15. The van der Waals surface area contributed by atoms with Gasteiger partial charge in [-0.25, -0.2) is 0 Å². The Labute approximate surface area is 86.3 Å². The van der Waals surface area contributed by atoms with Crippen molar-refractivity contribution in [3.8, 4) is 6.07 Å². The summed E-state index contributed by atoms with van der Waals surface area (Å²) in [5.41, 5.74) is 7.05. The highest BCUT2D eigenvalue weighted by Crippen LogP contribution is 2.26. The van der Waals surface area contributed by atoms with Gasteiger partial charge in [0.15, 0.2) is 0 Å². The molecule has 15 heavy (non-hydrogen) atoms. The Hall–Kier alpha value is -1.90. The maximum absolute atomic E-state index is 11.4. The van der Waals surface area contributed by atoms with Gasteiger partial charge in [-0.3, -0.25) is 10.0 Å². The SMILES string of the molecule is N#Cc1ccc2c(c1)N(O)C(=O)C(N)C2. The first-order chi connectivity index (χ1) is 7.13. The lowest BCUT2D eigenvalue weighted by atomic mass is 9.98. The third kappa shape index (κ3) is 1.46. The molecule has 0 saturated carbocycles. The van der Waals surface area contributed by atoms with E-state index < -0.39 is 11.9 Å². The Morgan fingerprint density at radius 2 is 2.33 bits per heavy atom. The van der Waals surface area contributed by atoms with Crippen LogP contribution in [0, 0.1) is 11.3 Å². The zero-order valence-corrected chi connectivity index (χ0v) is 7.84. The number of nitriles is 1. The van der Waals surface area contributed by atoms with Crippen molar-refractivity contribution in [1.29, 1.82) is 5.26 Å². The van der Waals surface area contributed by atoms with Crippen molar-refractivity contribution in [1.82, 2.24) is 0 Å². The molecule has 1 aliphatic rings. The predicted octanol–water partition coefficient (Wildman–Crippen LogP) is 0.164. The van der Waals surface area contributed by atoms with Gasteiger partial charge >= 0.3 is 0 Å². The van der Waals surface area contributed by atoms with Gasteiger partial charge in [-0.2, -0.15) is 10.3 Å². The summed E-state index contributed by atoms with van der Waals surface area (Å²) >= 11 is 0. The fourth-order valence-corrected chi connectivity index (χ4v) is 1.60. The lowest BCUT2D eigenvalue weighted by Crippen LogP contribution is -2.47. The van der Waals surface area contributed by atoms with Crippen LogP contribution in [0.15, 0.2) is 18.2 Å². The molecule has 1 heterocycles. The molecule has 1 amide bonds. The van der Waals surface area contributed by atoms with Crippen LogP contribution in [0.5, 0.6) is 0 Å². The van der Waals surface area contributed by atoms with Crippen LogP contribution in [0.4, 0.5) is 5.69 Å². The average molecular weight is 203 g/mol. The second-order valence-corrected chi connectivity index (χ2v) is 3.42. The number of hydrogen-bond acceptors (Lipinski definition) is 4. The van der Waals surface area contributed by atoms with Gasteiger partial charge in [-0.15, -0.1) is 0 Å². The van der Waals surface area contributed by atoms with E-state index in [4.69, 9.17) is 11.0 Å². The van der Waals surface area contributed by atoms with Gasteiger partial charge in [-0.05, 0) is 24.1 Å². The summed E-state index contributed by atoms with van der Waals surface area (Å²) < 4.78 is 0. The van der Waals surface area contributed by atoms with E-state index in [9.17, 15) is 10.0 Å². The highest BCUT2D eigenvalue weighted by molar-refractivity contribution is 5.98. The first-order valence-electron chi connectivity index (χ1n) is 4.45. The molecule has 0 radical (unpaired) electrons. The topological polar surface area (TPSA) is 90.4 Å². The van der Waals surface area contributed by atoms with E-state index in [0.717, 1.165) is 5.56 Å². The van der Waals surface area contributed by atoms with Crippen molar-refractivity contribution in [2.75, 3.05) is 5.06 Å². The number of benzene rings is 1. The molecular weight excluding hydrogens is 194 g/mol. The van der Waals surface area contributed by atoms with Crippen molar-refractivity contribution in [2.24, 2.45) is 5.73 Å². The van der Waals surface area contributed by atoms with Crippen LogP contribution < -0.4 is 10.8 Å². The van der Waals surface area contributed by atoms with Crippen LogP contribution in [-0.2, 0) is 11.2 Å². The van der Waals surface area contributed by atoms with Gasteiger partial charge in [0.05, 0.1) is 23.4 Å². The van der Waals surface area contributed by atoms with Crippen LogP contribution in [0.1, 0.15) is 11.1 Å². The van der Waals surface area contributed by atoms with Crippen molar-refractivity contribution in [2.45, 2.75) is 12.5 Å². The minimum Gasteiger partial charge on any atom is -0.320 e. The highest BCUT2D eigenvalue weighted by Gasteiger charge is 2.29. The number of anilines is 1. The zero-order chi connectivity index (χ0) is 11.0. The van der Waals surface area contributed by atoms with Crippen LogP contribution in [0.25, 0.3) is 0 Å². The second-order valence-electron chi connectivity index (χ2n) is 3.42. The van der Waals surface area contributed by atoms with E-state index in [1.165, 1.54) is 6.07 Å². The lowest BCUT2D eigenvalue weighted by molar-refractivity contribution is -0.125. The van der Waals surface area contributed by atoms with Gasteiger partial charge in [-0.1, -0.05) is 6.07 Å². The second kappa shape index (κ2) is 3.35. The smallest absolute Gasteiger partial charge is 0.267 e. The van der Waals surface area contributed by atoms with Crippen molar-refractivity contribution < 1.29 is 10.0 Å². The summed E-state index contributed by atoms with van der Waals surface area (Å²) in [7, 11) is 0. The van der Waals surface area contributed by atoms with Gasteiger partial charge in [0.1, 0.15) is 0 Å². The van der Waals surface area contributed by atoms with Gasteiger partial charge in [0, 0.05) is 0 Å². The largest absolute Gasteiger partial charge is 0.320 e. The Bertz CT molecular complexity index is 464. The Morgan fingerprint density at radius 3 is 3.00 bits per heavy atom. The predicted molar refractivity (Wildman–Crippen MR) is 52.1 cm³/mol. The maximum atomic E-state index is 11.4. The molecule has 0 spiro atoms. The number of hydrogen-bond donors (Lipinski definition) is 2. The molecule has 0 aromatic heterocycles. The molecule has 1 aliphatic heterocycles. The number of amides is 1. The fraction of sp³-hybridized carbons (Fsp3) is 0.200. The average Bonchev–Trinajstić information content (AvgIpc) is 2.26. The molecule has 5 heteroatoms. The summed E-state index contributed by atoms with van der Waals surface area (Å²) in [6, 6.07) is 6.03. The first kappa shape index (κ1) is 9.65. The normalized spacial score (nSPS) is 19.7. The molecule has 76 valence electrons. The van der Waals surface area contributed by atoms with Crippen LogP contribution in [0.3, 0.4) is 0 Å². The van der Waals surface area contributed by atoms with Crippen molar-refractivity contribution in [3.63, 3.8) is 0 Å². The molecule has 1 aromatic carbocycles. The summed E-state index contributed by atoms with van der Waals surface area (Å²) in [5, 5.41) is 18.7. The van der Waals surface area contributed by atoms with Gasteiger partial charge < -0.3 is 5.73 Å². The molecular formula is C10H9N3O2. The van der Waals surface area contributed by atoms with E-state index in [0.29, 0.717) is 22.7 Å². The number of carbonyl (C=O) groups excluding carboxylic acids is 1. The van der Waals surface area contributed by atoms with Gasteiger partial charge in [0.2, 0.25) is 0 Å². The van der Waals surface area contributed by atoms with E-state index in [1.54, 1.807) is 12.1 Å². The monoisotopic (exact) mass is 203 g/mol. The fourth-order valence-electron chi connectivity index (χ4n) is 1.60. The van der Waals surface area contributed by atoms with E-state index in [1.807, 2.05) is 6.07 Å². The van der Waals surface area contributed by atoms with E-state index in [-0.39, 0.29) is 0 Å².